The number of ether oxygens (including phenoxy) is 3. The maximum absolute atomic E-state index is 13.1. The molecule has 0 saturated carbocycles. The van der Waals surface area contributed by atoms with Crippen LogP contribution in [-0.2, 0) is 17.7 Å². The van der Waals surface area contributed by atoms with Gasteiger partial charge in [0, 0.05) is 28.4 Å². The molecule has 0 aliphatic heterocycles. The molecular weight excluding hydrogens is 545 g/mol. The lowest BCUT2D eigenvalue weighted by molar-refractivity contribution is -0.377. The van der Waals surface area contributed by atoms with Gasteiger partial charge in [0.1, 0.15) is 21.0 Å². The molecule has 0 aliphatic carbocycles. The van der Waals surface area contributed by atoms with Crippen molar-refractivity contribution in [2.45, 2.75) is 19.1 Å². The first-order valence-corrected chi connectivity index (χ1v) is 12.9. The summed E-state index contributed by atoms with van der Waals surface area (Å²) >= 11 is 15.7. The lowest BCUT2D eigenvalue weighted by Gasteiger charge is -2.20. The number of benzene rings is 1. The molecule has 1 atom stereocenters. The van der Waals surface area contributed by atoms with Gasteiger partial charge in [-0.1, -0.05) is 29.3 Å². The maximum Gasteiger partial charge on any atom is 0.348 e. The molecule has 0 spiro atoms. The molecule has 0 bridgehead atoms. The van der Waals surface area contributed by atoms with E-state index >= 15 is 0 Å². The molecule has 1 aromatic carbocycles. The maximum atomic E-state index is 13.1. The molecule has 0 saturated heterocycles. The summed E-state index contributed by atoms with van der Waals surface area (Å²) in [5.74, 6) is 0.656. The minimum Gasteiger partial charge on any atom is -0.870 e. The second-order valence-electron chi connectivity index (χ2n) is 7.30. The summed E-state index contributed by atoms with van der Waals surface area (Å²) in [6.07, 6.45) is 4.62. The van der Waals surface area contributed by atoms with Gasteiger partial charge in [0.25, 0.3) is 0 Å². The number of hydrogen-bond donors (Lipinski definition) is 1. The summed E-state index contributed by atoms with van der Waals surface area (Å²) in [4.78, 5) is 21.7. The molecule has 3 N–H and O–H groups in total. The fourth-order valence-electron chi connectivity index (χ4n) is 3.38. The number of H-pyrrole nitrogens is 1. The van der Waals surface area contributed by atoms with Crippen molar-refractivity contribution in [3.63, 3.8) is 0 Å². The number of carbonyl (C=O) groups excluding carboxylic acids is 1. The fourth-order valence-corrected chi connectivity index (χ4v) is 5.27. The van der Waals surface area contributed by atoms with Crippen molar-refractivity contribution >= 4 is 57.0 Å². The van der Waals surface area contributed by atoms with Crippen molar-refractivity contribution in [2.75, 3.05) is 19.5 Å². The molecule has 0 unspecified atom stereocenters. The number of nitrogens with zero attached hydrogens (tertiary/aromatic N) is 1. The molecular formula is C24H23Cl2N3O5S2. The van der Waals surface area contributed by atoms with E-state index in [9.17, 15) is 4.79 Å². The Morgan fingerprint density at radius 3 is 2.53 bits per heavy atom. The molecule has 36 heavy (non-hydrogen) atoms. The minimum atomic E-state index is -0.668. The summed E-state index contributed by atoms with van der Waals surface area (Å²) in [6, 6.07) is 9.03. The van der Waals surface area contributed by atoms with Gasteiger partial charge in [0.15, 0.2) is 29.0 Å². The number of aromatic amines is 1. The van der Waals surface area contributed by atoms with Crippen LogP contribution >= 0.6 is 45.9 Å². The van der Waals surface area contributed by atoms with Crippen LogP contribution in [-0.4, -0.2) is 30.6 Å². The molecule has 0 fully saturated rings. The first-order valence-electron chi connectivity index (χ1n) is 10.5. The monoisotopic (exact) mass is 567 g/mol. The quantitative estimate of drug-likeness (QED) is 0.236. The molecule has 4 rings (SSSR count). The molecule has 0 radical (unpaired) electrons. The third kappa shape index (κ3) is 6.65. The average Bonchev–Trinajstić information content (AvgIpc) is 3.56. The molecule has 0 aliphatic rings. The van der Waals surface area contributed by atoms with Crippen molar-refractivity contribution in [3.8, 4) is 11.5 Å². The Labute approximate surface area is 226 Å². The van der Waals surface area contributed by atoms with E-state index in [4.69, 9.17) is 37.4 Å². The first-order chi connectivity index (χ1) is 17.0. The normalized spacial score (nSPS) is 11.3. The van der Waals surface area contributed by atoms with Gasteiger partial charge in [-0.3, -0.25) is 0 Å². The summed E-state index contributed by atoms with van der Waals surface area (Å²) in [7, 11) is 3.11. The fraction of sp³-hybridized carbons (Fsp3) is 0.208. The standard InChI is InChI=1S/C24H21Cl2N3O4S2.H2O/c1-31-19-5-3-14(9-21(19)32-2)20(10-16-17(25)12-27-13-18(16)26)33-23(30)22-6-4-15(35-22)11-29-24-28-7-8-34-24;/h3-9,12-13,20H,10-11H2,1-2H3,(H,28,29);1H2/t20-;/m0./s1. The predicted molar refractivity (Wildman–Crippen MR) is 140 cm³/mol. The van der Waals surface area contributed by atoms with Crippen LogP contribution in [0.1, 0.15) is 31.8 Å². The highest BCUT2D eigenvalue weighted by Crippen LogP contribution is 2.35. The predicted octanol–water partition coefficient (Wildman–Crippen LogP) is 5.92. The smallest absolute Gasteiger partial charge is 0.348 e. The van der Waals surface area contributed by atoms with Gasteiger partial charge in [-0.25, -0.2) is 14.8 Å². The van der Waals surface area contributed by atoms with Crippen LogP contribution in [0, 0.1) is 0 Å². The highest BCUT2D eigenvalue weighted by molar-refractivity contribution is 7.14. The minimum absolute atomic E-state index is 0. The average molecular weight is 569 g/mol. The number of halogens is 2. The Balaban J connectivity index is 0.00000361. The van der Waals surface area contributed by atoms with Crippen LogP contribution < -0.4 is 19.8 Å². The lowest BCUT2D eigenvalue weighted by atomic mass is 10.0. The Kier molecular flexibility index (Phi) is 9.91. The van der Waals surface area contributed by atoms with Crippen LogP contribution in [0.3, 0.4) is 0 Å². The summed E-state index contributed by atoms with van der Waals surface area (Å²) < 4.78 is 16.8. The van der Waals surface area contributed by atoms with Gasteiger partial charge in [0.05, 0.1) is 20.8 Å². The molecule has 3 heterocycles. The van der Waals surface area contributed by atoms with Gasteiger partial charge in [-0.15, -0.1) is 22.7 Å². The Morgan fingerprint density at radius 1 is 1.11 bits per heavy atom. The van der Waals surface area contributed by atoms with Crippen LogP contribution in [0.2, 0.25) is 10.0 Å². The SMILES string of the molecule is COc1ccc([C@H](Cc2c(Cl)c[nH+]cc2Cl)OC(=O)c2ccc(CNc3nccs3)s2)cc1OC.[OH-]. The van der Waals surface area contributed by atoms with E-state index in [0.717, 1.165) is 15.6 Å². The molecule has 8 nitrogen and oxygen atoms in total. The number of carbonyl (C=O) groups is 1. The van der Waals surface area contributed by atoms with Gasteiger partial charge >= 0.3 is 5.97 Å². The Morgan fingerprint density at radius 2 is 1.86 bits per heavy atom. The van der Waals surface area contributed by atoms with E-state index in [1.54, 1.807) is 51.0 Å². The second kappa shape index (κ2) is 12.9. The number of hydrogen-bond acceptors (Lipinski definition) is 9. The highest BCUT2D eigenvalue weighted by atomic mass is 35.5. The van der Waals surface area contributed by atoms with E-state index in [1.807, 2.05) is 17.5 Å². The number of esters is 1. The van der Waals surface area contributed by atoms with E-state index in [0.29, 0.717) is 38.5 Å². The highest BCUT2D eigenvalue weighted by Gasteiger charge is 2.24. The van der Waals surface area contributed by atoms with Gasteiger partial charge in [-0.05, 0) is 29.8 Å². The number of rotatable bonds is 10. The number of thiophene rings is 1. The van der Waals surface area contributed by atoms with Crippen LogP contribution in [0.25, 0.3) is 0 Å². The zero-order valence-corrected chi connectivity index (χ0v) is 22.4. The van der Waals surface area contributed by atoms with Crippen molar-refractivity contribution < 1.29 is 29.5 Å². The van der Waals surface area contributed by atoms with Crippen molar-refractivity contribution in [2.24, 2.45) is 0 Å². The molecule has 190 valence electrons. The Hall–Kier alpha value is -2.89. The third-order valence-corrected chi connectivity index (χ3v) is 7.59. The van der Waals surface area contributed by atoms with Gasteiger partial charge < -0.3 is 25.0 Å². The molecule has 3 aromatic heterocycles. The molecule has 12 heteroatoms. The van der Waals surface area contributed by atoms with Gasteiger partial charge in [0.2, 0.25) is 0 Å². The Bertz CT molecular complexity index is 1280. The summed E-state index contributed by atoms with van der Waals surface area (Å²) in [5.41, 5.74) is 1.39. The number of anilines is 1. The van der Waals surface area contributed by atoms with Crippen LogP contribution in [0.15, 0.2) is 54.3 Å². The number of methoxy groups -OCH3 is 2. The van der Waals surface area contributed by atoms with E-state index in [2.05, 4.69) is 15.3 Å². The van der Waals surface area contributed by atoms with Crippen molar-refractivity contribution in [1.82, 2.24) is 4.98 Å². The van der Waals surface area contributed by atoms with Crippen LogP contribution in [0.5, 0.6) is 11.5 Å². The number of aromatic nitrogens is 2. The molecule has 4 aromatic rings. The third-order valence-electron chi connectivity index (χ3n) is 5.12. The van der Waals surface area contributed by atoms with Gasteiger partial charge in [-0.2, -0.15) is 0 Å². The van der Waals surface area contributed by atoms with E-state index < -0.39 is 12.1 Å². The molecule has 0 amide bonds. The zero-order valence-electron chi connectivity index (χ0n) is 19.3. The topological polar surface area (TPSA) is 114 Å². The summed E-state index contributed by atoms with van der Waals surface area (Å²) in [6.45, 7) is 0.566. The largest absolute Gasteiger partial charge is 0.870 e. The zero-order chi connectivity index (χ0) is 24.8. The number of pyridine rings is 1. The van der Waals surface area contributed by atoms with E-state index in [1.165, 1.54) is 22.7 Å². The van der Waals surface area contributed by atoms with E-state index in [-0.39, 0.29) is 11.9 Å². The van der Waals surface area contributed by atoms with Crippen molar-refractivity contribution in [3.05, 3.63) is 85.2 Å². The van der Waals surface area contributed by atoms with Crippen molar-refractivity contribution in [1.29, 1.82) is 0 Å². The lowest BCUT2D eigenvalue weighted by Crippen LogP contribution is -2.15. The number of thiazole rings is 1. The summed E-state index contributed by atoms with van der Waals surface area (Å²) in [5, 5.41) is 6.86. The second-order valence-corrected chi connectivity index (χ2v) is 10.2. The number of nitrogens with one attached hydrogen (secondary N) is 2. The first kappa shape index (κ1) is 27.7. The van der Waals surface area contributed by atoms with Crippen LogP contribution in [0.4, 0.5) is 5.13 Å².